The van der Waals surface area contributed by atoms with E-state index in [4.69, 9.17) is 0 Å². The molecule has 0 bridgehead atoms. The zero-order valence-corrected chi connectivity index (χ0v) is 19.5. The average molecular weight is 358 g/mol. The Balaban J connectivity index is 3.48. The molecular formula is C14H31NSSi4. The summed E-state index contributed by atoms with van der Waals surface area (Å²) in [6.45, 7) is 23.7. The SMILES string of the molecule is C[Si](C)(C)[Si](Sc1ccccn1)([Si](C)(C)C)[Si](C)(C)C. The van der Waals surface area contributed by atoms with Crippen molar-refractivity contribution in [2.24, 2.45) is 0 Å². The Labute approximate surface area is 133 Å². The van der Waals surface area contributed by atoms with Crippen LogP contribution in [0.3, 0.4) is 0 Å². The molecule has 0 aliphatic rings. The molecule has 114 valence electrons. The Morgan fingerprint density at radius 1 is 0.750 bits per heavy atom. The van der Waals surface area contributed by atoms with Gasteiger partial charge in [-0.3, -0.25) is 4.98 Å². The van der Waals surface area contributed by atoms with Crippen LogP contribution < -0.4 is 0 Å². The van der Waals surface area contributed by atoms with E-state index in [0.717, 1.165) is 0 Å². The second kappa shape index (κ2) is 5.87. The van der Waals surface area contributed by atoms with E-state index in [9.17, 15) is 0 Å². The molecule has 0 unspecified atom stereocenters. The van der Waals surface area contributed by atoms with Crippen LogP contribution in [0.5, 0.6) is 0 Å². The number of rotatable bonds is 5. The predicted octanol–water partition coefficient (Wildman–Crippen LogP) is 5.37. The summed E-state index contributed by atoms with van der Waals surface area (Å²) >= 11 is 2.27. The van der Waals surface area contributed by atoms with Gasteiger partial charge in [0.1, 0.15) is 5.78 Å². The summed E-state index contributed by atoms with van der Waals surface area (Å²) in [6.07, 6.45) is 1.96. The van der Waals surface area contributed by atoms with Gasteiger partial charge in [0.15, 0.2) is 0 Å². The fourth-order valence-corrected chi connectivity index (χ4v) is 109. The zero-order chi connectivity index (χ0) is 15.8. The van der Waals surface area contributed by atoms with Gasteiger partial charge in [-0.15, -0.1) is 11.2 Å². The molecule has 0 aromatic carbocycles. The van der Waals surface area contributed by atoms with Gasteiger partial charge in [-0.1, -0.05) is 65.0 Å². The lowest BCUT2D eigenvalue weighted by Crippen LogP contribution is -2.80. The normalized spacial score (nSPS) is 14.4. The Bertz CT molecular complexity index is 407. The van der Waals surface area contributed by atoms with Gasteiger partial charge >= 0.3 is 0 Å². The van der Waals surface area contributed by atoms with Crippen LogP contribution in [0.2, 0.25) is 58.9 Å². The van der Waals surface area contributed by atoms with Gasteiger partial charge in [-0.25, -0.2) is 0 Å². The highest BCUT2D eigenvalue weighted by atomic mass is 32.4. The molecule has 0 N–H and O–H groups in total. The smallest absolute Gasteiger partial charge is 0.103 e. The van der Waals surface area contributed by atoms with E-state index < -0.39 is 28.6 Å². The molecule has 0 saturated heterocycles. The largest absolute Gasteiger partial charge is 0.251 e. The quantitative estimate of drug-likeness (QED) is 0.657. The molecule has 0 saturated carbocycles. The maximum absolute atomic E-state index is 4.67. The summed E-state index contributed by atoms with van der Waals surface area (Å²) < 4.78 is 0. The van der Waals surface area contributed by atoms with Gasteiger partial charge in [-0.05, 0) is 12.1 Å². The van der Waals surface area contributed by atoms with Gasteiger partial charge in [0.2, 0.25) is 0 Å². The van der Waals surface area contributed by atoms with E-state index in [0.29, 0.717) is 0 Å². The highest BCUT2D eigenvalue weighted by Crippen LogP contribution is 2.47. The molecule has 6 heteroatoms. The number of pyridine rings is 1. The van der Waals surface area contributed by atoms with Crippen LogP contribution in [0, 0.1) is 0 Å². The Morgan fingerprint density at radius 2 is 1.20 bits per heavy atom. The summed E-state index contributed by atoms with van der Waals surface area (Å²) in [5.41, 5.74) is 0. The van der Waals surface area contributed by atoms with Crippen LogP contribution in [0.4, 0.5) is 0 Å². The summed E-state index contributed by atoms with van der Waals surface area (Å²) in [4.78, 5) is 4.67. The van der Waals surface area contributed by atoms with Gasteiger partial charge in [0.25, 0.3) is 0 Å². The third-order valence-electron chi connectivity index (χ3n) is 4.06. The van der Waals surface area contributed by atoms with E-state index >= 15 is 0 Å². The van der Waals surface area contributed by atoms with Gasteiger partial charge in [-0.2, -0.15) is 0 Å². The van der Waals surface area contributed by atoms with E-state index in [1.807, 2.05) is 12.3 Å². The highest BCUT2D eigenvalue weighted by molar-refractivity contribution is 8.49. The lowest BCUT2D eigenvalue weighted by molar-refractivity contribution is 1.14. The Kier molecular flexibility index (Phi) is 5.40. The first kappa shape index (κ1) is 18.4. The van der Waals surface area contributed by atoms with Crippen LogP contribution in [0.1, 0.15) is 0 Å². The molecule has 1 aromatic rings. The molecule has 1 nitrogen and oxygen atoms in total. The number of hydrogen-bond acceptors (Lipinski definition) is 2. The van der Waals surface area contributed by atoms with Crippen LogP contribution in [0.15, 0.2) is 29.4 Å². The molecule has 0 aliphatic heterocycles. The third-order valence-corrected chi connectivity index (χ3v) is 91.5. The van der Waals surface area contributed by atoms with Crippen LogP contribution in [-0.2, 0) is 0 Å². The van der Waals surface area contributed by atoms with Gasteiger partial charge in [0, 0.05) is 29.0 Å². The average Bonchev–Trinajstić information content (AvgIpc) is 2.22. The zero-order valence-electron chi connectivity index (χ0n) is 14.7. The minimum atomic E-state index is -1.37. The summed E-state index contributed by atoms with van der Waals surface area (Å²) in [6, 6.07) is 6.41. The summed E-state index contributed by atoms with van der Waals surface area (Å²) in [5, 5.41) is 1.28. The molecule has 0 amide bonds. The van der Waals surface area contributed by atoms with Crippen molar-refractivity contribution < 1.29 is 0 Å². The van der Waals surface area contributed by atoms with Crippen molar-refractivity contribution in [2.75, 3.05) is 0 Å². The molecule has 0 aliphatic carbocycles. The summed E-state index contributed by atoms with van der Waals surface area (Å²) in [5.74, 6) is -1.37. The van der Waals surface area contributed by atoms with Crippen LogP contribution in [-0.4, -0.2) is 33.5 Å². The first-order chi connectivity index (χ1) is 8.83. The van der Waals surface area contributed by atoms with E-state index in [1.165, 1.54) is 5.03 Å². The number of nitrogens with zero attached hydrogens (tertiary/aromatic N) is 1. The first-order valence-corrected chi connectivity index (χ1v) is 24.5. The molecular weight excluding hydrogens is 327 g/mol. The van der Waals surface area contributed by atoms with Crippen LogP contribution >= 0.6 is 11.2 Å². The van der Waals surface area contributed by atoms with E-state index in [1.54, 1.807) is 0 Å². The molecule has 20 heavy (non-hydrogen) atoms. The van der Waals surface area contributed by atoms with Crippen molar-refractivity contribution in [1.29, 1.82) is 0 Å². The van der Waals surface area contributed by atoms with E-state index in [2.05, 4.69) is 87.3 Å². The highest BCUT2D eigenvalue weighted by Gasteiger charge is 2.62. The van der Waals surface area contributed by atoms with E-state index in [-0.39, 0.29) is 0 Å². The van der Waals surface area contributed by atoms with Crippen molar-refractivity contribution in [3.8, 4) is 0 Å². The molecule has 0 fully saturated rings. The maximum atomic E-state index is 4.67. The summed E-state index contributed by atoms with van der Waals surface area (Å²) in [7, 11) is -3.62. The van der Waals surface area contributed by atoms with Crippen molar-refractivity contribution in [3.05, 3.63) is 24.4 Å². The minimum absolute atomic E-state index is 1.21. The maximum Gasteiger partial charge on any atom is 0.103 e. The Hall–Kier alpha value is 0.368. The van der Waals surface area contributed by atoms with Crippen molar-refractivity contribution in [1.82, 2.24) is 4.98 Å². The molecule has 1 heterocycles. The minimum Gasteiger partial charge on any atom is -0.251 e. The number of aromatic nitrogens is 1. The lowest BCUT2D eigenvalue weighted by Gasteiger charge is -2.56. The van der Waals surface area contributed by atoms with Crippen molar-refractivity contribution >= 4 is 39.8 Å². The first-order valence-electron chi connectivity index (χ1n) is 7.43. The topological polar surface area (TPSA) is 12.9 Å². The third kappa shape index (κ3) is 3.40. The fraction of sp³-hybridized carbons (Fsp3) is 0.643. The monoisotopic (exact) mass is 357 g/mol. The molecule has 1 rings (SSSR count). The lowest BCUT2D eigenvalue weighted by atomic mass is 10.5. The standard InChI is InChI=1S/C14H31NSSi4/c1-17(2,3)20(18(4,5)6,19(7,8)9)16-14-12-10-11-13-15-14/h10-13H,1-9H3. The second-order valence-corrected chi connectivity index (χ2v) is 54.6. The van der Waals surface area contributed by atoms with Crippen molar-refractivity contribution in [3.63, 3.8) is 0 Å². The van der Waals surface area contributed by atoms with Gasteiger partial charge < -0.3 is 0 Å². The molecule has 0 atom stereocenters. The predicted molar refractivity (Wildman–Crippen MR) is 106 cm³/mol. The second-order valence-electron chi connectivity index (χ2n) is 8.70. The van der Waals surface area contributed by atoms with Crippen LogP contribution in [0.25, 0.3) is 0 Å². The fourth-order valence-electron chi connectivity index (χ4n) is 4.40. The molecule has 0 radical (unpaired) electrons. The molecule has 1 aromatic heterocycles. The van der Waals surface area contributed by atoms with Gasteiger partial charge in [0.05, 0.1) is 5.03 Å². The Morgan fingerprint density at radius 3 is 1.50 bits per heavy atom. The molecule has 0 spiro atoms. The van der Waals surface area contributed by atoms with Crippen molar-refractivity contribution in [2.45, 2.75) is 63.9 Å². The number of hydrogen-bond donors (Lipinski definition) is 0.